The summed E-state index contributed by atoms with van der Waals surface area (Å²) >= 11 is 5.50. The van der Waals surface area contributed by atoms with Crippen LogP contribution in [-0.2, 0) is 5.67 Å². The van der Waals surface area contributed by atoms with E-state index in [1.54, 1.807) is 0 Å². The molecule has 0 saturated heterocycles. The number of nitrogens with zero attached hydrogens (tertiary/aromatic N) is 3. The minimum absolute atomic E-state index is 0.0449. The number of pyridine rings is 1. The summed E-state index contributed by atoms with van der Waals surface area (Å²) in [5.41, 5.74) is -8.75. The highest BCUT2D eigenvalue weighted by Gasteiger charge is 2.73. The largest absolute Gasteiger partial charge is 0.435 e. The highest BCUT2D eigenvalue weighted by atomic mass is 79.9. The summed E-state index contributed by atoms with van der Waals surface area (Å²) in [5, 5.41) is 11.1. The zero-order valence-corrected chi connectivity index (χ0v) is 24.4. The summed E-state index contributed by atoms with van der Waals surface area (Å²) in [6.45, 7) is 0.1000. The maximum absolute atomic E-state index is 15.8. The third-order valence-electron chi connectivity index (χ3n) is 6.48. The first-order valence-electron chi connectivity index (χ1n) is 12.1. The minimum atomic E-state index is -6.37. The number of nitriles is 1. The number of halogens is 10. The molecular formula is C27H16Br2F8N4O2. The van der Waals surface area contributed by atoms with Crippen LogP contribution in [0.4, 0.5) is 46.5 Å². The van der Waals surface area contributed by atoms with Gasteiger partial charge >= 0.3 is 18.0 Å². The van der Waals surface area contributed by atoms with Crippen molar-refractivity contribution >= 4 is 55.0 Å². The monoisotopic (exact) mass is 738 g/mol. The van der Waals surface area contributed by atoms with Crippen molar-refractivity contribution in [3.8, 4) is 6.07 Å². The average molecular weight is 740 g/mol. The predicted octanol–water partition coefficient (Wildman–Crippen LogP) is 8.22. The lowest BCUT2D eigenvalue weighted by Gasteiger charge is -2.31. The van der Waals surface area contributed by atoms with E-state index in [9.17, 15) is 40.3 Å². The molecule has 1 fully saturated rings. The summed E-state index contributed by atoms with van der Waals surface area (Å²) in [4.78, 5) is 31.4. The molecule has 0 aliphatic heterocycles. The summed E-state index contributed by atoms with van der Waals surface area (Å²) in [6, 6.07) is 8.43. The Labute approximate surface area is 254 Å². The van der Waals surface area contributed by atoms with Gasteiger partial charge in [0.05, 0.1) is 22.5 Å². The van der Waals surface area contributed by atoms with Crippen LogP contribution < -0.4 is 10.2 Å². The van der Waals surface area contributed by atoms with Gasteiger partial charge in [-0.05, 0) is 87.0 Å². The second-order valence-electron chi connectivity index (χ2n) is 9.46. The van der Waals surface area contributed by atoms with Crippen LogP contribution in [-0.4, -0.2) is 35.7 Å². The molecule has 0 radical (unpaired) electrons. The van der Waals surface area contributed by atoms with Crippen molar-refractivity contribution in [2.24, 2.45) is 5.92 Å². The van der Waals surface area contributed by atoms with Gasteiger partial charge in [0, 0.05) is 27.3 Å². The first-order chi connectivity index (χ1) is 20.0. The summed E-state index contributed by atoms with van der Waals surface area (Å²) in [7, 11) is 0. The topological polar surface area (TPSA) is 86.1 Å². The van der Waals surface area contributed by atoms with Crippen LogP contribution in [0.15, 0.2) is 57.6 Å². The van der Waals surface area contributed by atoms with Gasteiger partial charge in [-0.1, -0.05) is 6.07 Å². The molecule has 4 rings (SSSR count). The van der Waals surface area contributed by atoms with Crippen molar-refractivity contribution in [2.45, 2.75) is 30.9 Å². The Hall–Kier alpha value is -3.58. The molecule has 0 atom stereocenters. The van der Waals surface area contributed by atoms with Crippen molar-refractivity contribution in [2.75, 3.05) is 16.8 Å². The van der Waals surface area contributed by atoms with E-state index in [0.717, 1.165) is 30.0 Å². The van der Waals surface area contributed by atoms with Gasteiger partial charge in [0.25, 0.3) is 11.8 Å². The van der Waals surface area contributed by atoms with Crippen molar-refractivity contribution in [1.29, 1.82) is 5.26 Å². The van der Waals surface area contributed by atoms with Gasteiger partial charge < -0.3 is 10.2 Å². The summed E-state index contributed by atoms with van der Waals surface area (Å²) in [5.74, 6) is -2.92. The Morgan fingerprint density at radius 1 is 1.00 bits per heavy atom. The molecule has 1 aliphatic carbocycles. The van der Waals surface area contributed by atoms with Crippen molar-refractivity contribution in [1.82, 2.24) is 4.98 Å². The Balaban J connectivity index is 1.67. The Bertz CT molecular complexity index is 1580. The second kappa shape index (κ2) is 11.8. The zero-order chi connectivity index (χ0) is 31.9. The molecule has 0 spiro atoms. The number of carbonyl (C=O) groups excluding carboxylic acids is 2. The number of hydrogen-bond donors (Lipinski definition) is 1. The minimum Gasteiger partial charge on any atom is -0.320 e. The number of amides is 2. The lowest BCUT2D eigenvalue weighted by molar-refractivity contribution is -0.348. The van der Waals surface area contributed by atoms with Crippen LogP contribution in [0.1, 0.15) is 44.8 Å². The molecule has 0 unspecified atom stereocenters. The molecule has 226 valence electrons. The predicted molar refractivity (Wildman–Crippen MR) is 144 cm³/mol. The normalized spacial score (nSPS) is 13.8. The third-order valence-corrected chi connectivity index (χ3v) is 7.73. The van der Waals surface area contributed by atoms with Gasteiger partial charge in [-0.15, -0.1) is 0 Å². The SMILES string of the molecule is N#Cc1ccc(C(=O)N(CC2CC2)c2cccc(C(=O)Nc3c(Br)cc(C(F)(C(F)(F)F)C(F)(F)F)cc3Br)c2F)cn1. The highest BCUT2D eigenvalue weighted by molar-refractivity contribution is 9.11. The molecule has 2 amide bonds. The fraction of sp³-hybridized carbons (Fsp3) is 0.259. The van der Waals surface area contributed by atoms with E-state index in [2.05, 4.69) is 42.2 Å². The fourth-order valence-corrected chi connectivity index (χ4v) is 5.44. The number of nitrogens with one attached hydrogen (secondary N) is 1. The van der Waals surface area contributed by atoms with Gasteiger partial charge in [-0.3, -0.25) is 9.59 Å². The molecule has 1 saturated carbocycles. The fourth-order valence-electron chi connectivity index (χ4n) is 4.06. The van der Waals surface area contributed by atoms with Gasteiger partial charge in [-0.2, -0.15) is 31.6 Å². The Morgan fingerprint density at radius 3 is 2.09 bits per heavy atom. The number of anilines is 2. The third kappa shape index (κ3) is 6.37. The molecule has 1 aromatic heterocycles. The van der Waals surface area contributed by atoms with Crippen LogP contribution in [0.3, 0.4) is 0 Å². The smallest absolute Gasteiger partial charge is 0.320 e. The van der Waals surface area contributed by atoms with Gasteiger partial charge in [0.2, 0.25) is 0 Å². The van der Waals surface area contributed by atoms with Crippen molar-refractivity contribution in [3.05, 3.63) is 85.8 Å². The van der Waals surface area contributed by atoms with E-state index in [1.807, 2.05) is 6.07 Å². The second-order valence-corrected chi connectivity index (χ2v) is 11.2. The quantitative estimate of drug-likeness (QED) is 0.248. The lowest BCUT2D eigenvalue weighted by Crippen LogP contribution is -2.50. The standard InChI is InChI=1S/C27H16Br2F8N4O2/c28-18-8-15(25(31,26(32,33)34)27(35,36)37)9-19(29)22(18)40-23(42)17-2-1-3-20(21(17)30)41(12-13-4-5-13)24(43)14-6-7-16(10-38)39-11-14/h1-3,6-9,11,13H,4-5,12H2,(H,40,42). The maximum atomic E-state index is 15.8. The van der Waals surface area contributed by atoms with Crippen LogP contribution in [0.5, 0.6) is 0 Å². The van der Waals surface area contributed by atoms with E-state index < -0.39 is 61.4 Å². The van der Waals surface area contributed by atoms with E-state index in [1.165, 1.54) is 24.3 Å². The number of alkyl halides is 7. The average Bonchev–Trinajstić information content (AvgIpc) is 3.76. The molecule has 1 N–H and O–H groups in total. The summed E-state index contributed by atoms with van der Waals surface area (Å²) < 4.78 is 109. The van der Waals surface area contributed by atoms with Gasteiger partial charge in [-0.25, -0.2) is 13.8 Å². The highest BCUT2D eigenvalue weighted by Crippen LogP contribution is 2.54. The Kier molecular flexibility index (Phi) is 8.90. The number of hydrogen-bond acceptors (Lipinski definition) is 4. The van der Waals surface area contributed by atoms with E-state index in [-0.39, 0.29) is 41.5 Å². The number of rotatable bonds is 7. The molecule has 0 bridgehead atoms. The molecule has 1 aliphatic rings. The van der Waals surface area contributed by atoms with E-state index in [0.29, 0.717) is 0 Å². The van der Waals surface area contributed by atoms with Crippen LogP contribution >= 0.6 is 31.9 Å². The van der Waals surface area contributed by atoms with E-state index in [4.69, 9.17) is 5.26 Å². The van der Waals surface area contributed by atoms with Gasteiger partial charge in [0.1, 0.15) is 11.8 Å². The first-order valence-corrected chi connectivity index (χ1v) is 13.7. The van der Waals surface area contributed by atoms with Crippen LogP contribution in [0.25, 0.3) is 0 Å². The molecule has 3 aromatic rings. The number of aromatic nitrogens is 1. The first kappa shape index (κ1) is 32.3. The summed E-state index contributed by atoms with van der Waals surface area (Å²) in [6.07, 6.45) is -10.0. The van der Waals surface area contributed by atoms with E-state index >= 15 is 4.39 Å². The molecule has 16 heteroatoms. The van der Waals surface area contributed by atoms with Crippen molar-refractivity contribution in [3.63, 3.8) is 0 Å². The van der Waals surface area contributed by atoms with Gasteiger partial charge in [0.15, 0.2) is 5.82 Å². The molecule has 1 heterocycles. The van der Waals surface area contributed by atoms with Crippen molar-refractivity contribution < 1.29 is 44.7 Å². The van der Waals surface area contributed by atoms with Crippen LogP contribution in [0, 0.1) is 23.1 Å². The lowest BCUT2D eigenvalue weighted by atomic mass is 9.94. The number of carbonyl (C=O) groups is 2. The zero-order valence-electron chi connectivity index (χ0n) is 21.3. The Morgan fingerprint density at radius 2 is 1.60 bits per heavy atom. The molecule has 43 heavy (non-hydrogen) atoms. The number of benzene rings is 2. The molecule has 6 nitrogen and oxygen atoms in total. The maximum Gasteiger partial charge on any atom is 0.435 e. The van der Waals surface area contributed by atoms with Crippen LogP contribution in [0.2, 0.25) is 0 Å². The molecule has 2 aromatic carbocycles. The molecular weight excluding hydrogens is 724 g/mol.